The van der Waals surface area contributed by atoms with E-state index >= 15 is 0 Å². The average Bonchev–Trinajstić information content (AvgIpc) is 3.20. The van der Waals surface area contributed by atoms with Crippen molar-refractivity contribution in [1.82, 2.24) is 19.2 Å². The molecule has 0 saturated heterocycles. The van der Waals surface area contributed by atoms with Crippen LogP contribution in [0.15, 0.2) is 94.7 Å². The van der Waals surface area contributed by atoms with E-state index in [2.05, 4.69) is 15.4 Å². The lowest BCUT2D eigenvalue weighted by Crippen LogP contribution is -2.19. The van der Waals surface area contributed by atoms with Crippen LogP contribution in [0, 0.1) is 0 Å². The third kappa shape index (κ3) is 4.50. The first-order chi connectivity index (χ1) is 16.8. The summed E-state index contributed by atoms with van der Waals surface area (Å²) in [5.74, 6) is 0.152. The number of rotatable bonds is 6. The highest BCUT2D eigenvalue weighted by Gasteiger charge is 2.14. The van der Waals surface area contributed by atoms with Gasteiger partial charge in [-0.25, -0.2) is 27.7 Å². The fourth-order valence-corrected chi connectivity index (χ4v) is 4.15. The highest BCUT2D eigenvalue weighted by Crippen LogP contribution is 2.22. The molecule has 0 saturated carbocycles. The molecule has 0 unspecified atom stereocenters. The van der Waals surface area contributed by atoms with E-state index in [1.165, 1.54) is 21.2 Å². The predicted octanol–water partition coefficient (Wildman–Crippen LogP) is 2.39. The quantitative estimate of drug-likeness (QED) is 0.333. The van der Waals surface area contributed by atoms with Crippen LogP contribution in [0.4, 0.5) is 11.5 Å². The molecule has 0 aliphatic heterocycles. The third-order valence-electron chi connectivity index (χ3n) is 5.46. The zero-order valence-electron chi connectivity index (χ0n) is 18.4. The topological polar surface area (TPSA) is 150 Å². The summed E-state index contributed by atoms with van der Waals surface area (Å²) in [5.41, 5.74) is 9.78. The fourth-order valence-electron chi connectivity index (χ4n) is 3.64. The molecule has 0 aliphatic rings. The molecule has 2 heterocycles. The Labute approximate surface area is 200 Å². The molecule has 0 radical (unpaired) electrons. The molecule has 11 heteroatoms. The van der Waals surface area contributed by atoms with E-state index in [0.29, 0.717) is 17.9 Å². The maximum absolute atomic E-state index is 12.9. The Morgan fingerprint density at radius 3 is 2.26 bits per heavy atom. The van der Waals surface area contributed by atoms with E-state index in [-0.39, 0.29) is 22.1 Å². The second-order valence-electron chi connectivity index (χ2n) is 7.85. The number of nitrogens with zero attached hydrogens (tertiary/aromatic N) is 4. The van der Waals surface area contributed by atoms with E-state index < -0.39 is 10.0 Å². The molecule has 0 spiro atoms. The Balaban J connectivity index is 1.37. The molecule has 35 heavy (non-hydrogen) atoms. The Bertz CT molecular complexity index is 1680. The predicted molar refractivity (Wildman–Crippen MR) is 134 cm³/mol. The minimum absolute atomic E-state index is 0.0720. The number of benzene rings is 3. The molecule has 0 fully saturated rings. The summed E-state index contributed by atoms with van der Waals surface area (Å²) in [6.45, 7) is 0.496. The van der Waals surface area contributed by atoms with Crippen LogP contribution in [0.1, 0.15) is 5.56 Å². The number of nitrogens with two attached hydrogens (primary N) is 2. The molecule has 0 bridgehead atoms. The van der Waals surface area contributed by atoms with Crippen LogP contribution in [0.3, 0.4) is 0 Å². The Hall–Kier alpha value is -4.48. The second kappa shape index (κ2) is 8.70. The molecule has 3 aromatic carbocycles. The van der Waals surface area contributed by atoms with Crippen LogP contribution >= 0.6 is 0 Å². The summed E-state index contributed by atoms with van der Waals surface area (Å²) in [4.78, 5) is 17.4. The number of anilines is 2. The molecular formula is C24H21N7O3S. The summed E-state index contributed by atoms with van der Waals surface area (Å²) >= 11 is 0. The van der Waals surface area contributed by atoms with Crippen LogP contribution in [-0.4, -0.2) is 27.6 Å². The monoisotopic (exact) mass is 487 g/mol. The molecule has 0 amide bonds. The van der Waals surface area contributed by atoms with Gasteiger partial charge in [0.1, 0.15) is 0 Å². The number of primary sulfonamides is 1. The normalized spacial score (nSPS) is 11.6. The van der Waals surface area contributed by atoms with Crippen molar-refractivity contribution in [2.24, 2.45) is 5.14 Å². The number of fused-ring (bicyclic) bond motifs is 1. The molecule has 0 aliphatic carbocycles. The molecule has 2 aromatic heterocycles. The van der Waals surface area contributed by atoms with Gasteiger partial charge in [0, 0.05) is 24.0 Å². The van der Waals surface area contributed by atoms with E-state index in [9.17, 15) is 13.2 Å². The van der Waals surface area contributed by atoms with Gasteiger partial charge in [0.25, 0.3) is 0 Å². The van der Waals surface area contributed by atoms with Gasteiger partial charge >= 0.3 is 5.69 Å². The van der Waals surface area contributed by atoms with Gasteiger partial charge in [0.05, 0.1) is 16.3 Å². The number of hydrogen-bond donors (Lipinski definition) is 3. The lowest BCUT2D eigenvalue weighted by atomic mass is 10.1. The van der Waals surface area contributed by atoms with Gasteiger partial charge in [0.15, 0.2) is 5.82 Å². The van der Waals surface area contributed by atoms with Gasteiger partial charge in [0.2, 0.25) is 15.7 Å². The molecule has 0 atom stereocenters. The van der Waals surface area contributed by atoms with Crippen LogP contribution in [0.5, 0.6) is 0 Å². The standard InChI is InChI=1S/C24H21N7O3S/c25-22-23-29-31(19-4-2-1-3-5-19)24(32)30(23)15-21(28-22)17-8-10-18(11-9-17)27-14-16-6-12-20(13-7-16)35(26,33)34/h1-13,15,27H,14H2,(H2,25,28)(H2,26,33,34). The summed E-state index contributed by atoms with van der Waals surface area (Å²) in [6, 6.07) is 23.0. The molecule has 10 nitrogen and oxygen atoms in total. The molecular weight excluding hydrogens is 466 g/mol. The molecule has 176 valence electrons. The highest BCUT2D eigenvalue weighted by atomic mass is 32.2. The van der Waals surface area contributed by atoms with Crippen LogP contribution in [-0.2, 0) is 16.6 Å². The van der Waals surface area contributed by atoms with Crippen molar-refractivity contribution in [1.29, 1.82) is 0 Å². The first-order valence-corrected chi connectivity index (χ1v) is 12.1. The van der Waals surface area contributed by atoms with Crippen molar-refractivity contribution < 1.29 is 8.42 Å². The number of aromatic nitrogens is 4. The average molecular weight is 488 g/mol. The maximum atomic E-state index is 12.9. The maximum Gasteiger partial charge on any atom is 0.355 e. The molecule has 5 aromatic rings. The summed E-state index contributed by atoms with van der Waals surface area (Å²) in [5, 5.41) is 12.7. The number of para-hydroxylation sites is 1. The Kier molecular flexibility index (Phi) is 5.55. The Morgan fingerprint density at radius 2 is 1.60 bits per heavy atom. The van der Waals surface area contributed by atoms with Crippen LogP contribution in [0.25, 0.3) is 22.6 Å². The lowest BCUT2D eigenvalue weighted by Gasteiger charge is -2.09. The van der Waals surface area contributed by atoms with Crippen LogP contribution < -0.4 is 21.9 Å². The minimum atomic E-state index is -3.71. The van der Waals surface area contributed by atoms with Crippen molar-refractivity contribution in [2.75, 3.05) is 11.1 Å². The van der Waals surface area contributed by atoms with Crippen molar-refractivity contribution in [3.8, 4) is 16.9 Å². The zero-order valence-corrected chi connectivity index (χ0v) is 19.2. The van der Waals surface area contributed by atoms with E-state index in [1.807, 2.05) is 42.5 Å². The van der Waals surface area contributed by atoms with Crippen molar-refractivity contribution >= 4 is 27.2 Å². The highest BCUT2D eigenvalue weighted by molar-refractivity contribution is 7.89. The SMILES string of the molecule is Nc1nc(-c2ccc(NCc3ccc(S(N)(=O)=O)cc3)cc2)cn2c(=O)n(-c3ccccc3)nc12. The van der Waals surface area contributed by atoms with Gasteiger partial charge in [-0.15, -0.1) is 5.10 Å². The molecule has 5 N–H and O–H groups in total. The van der Waals surface area contributed by atoms with Gasteiger partial charge in [-0.1, -0.05) is 42.5 Å². The van der Waals surface area contributed by atoms with Gasteiger partial charge in [-0.3, -0.25) is 0 Å². The van der Waals surface area contributed by atoms with Crippen LogP contribution in [0.2, 0.25) is 0 Å². The Morgan fingerprint density at radius 1 is 0.914 bits per heavy atom. The first kappa shape index (κ1) is 22.3. The lowest BCUT2D eigenvalue weighted by molar-refractivity contribution is 0.598. The van der Waals surface area contributed by atoms with Gasteiger partial charge in [-0.2, -0.15) is 4.68 Å². The van der Waals surface area contributed by atoms with Gasteiger partial charge in [-0.05, 0) is 42.0 Å². The third-order valence-corrected chi connectivity index (χ3v) is 6.39. The fraction of sp³-hybridized carbons (Fsp3) is 0.0417. The van der Waals surface area contributed by atoms with E-state index in [0.717, 1.165) is 16.8 Å². The number of hydrogen-bond acceptors (Lipinski definition) is 7. The number of sulfonamides is 1. The van der Waals surface area contributed by atoms with E-state index in [4.69, 9.17) is 10.9 Å². The first-order valence-electron chi connectivity index (χ1n) is 10.6. The second-order valence-corrected chi connectivity index (χ2v) is 9.42. The van der Waals surface area contributed by atoms with Gasteiger partial charge < -0.3 is 11.1 Å². The van der Waals surface area contributed by atoms with Crippen molar-refractivity contribution in [3.05, 3.63) is 101 Å². The number of nitrogens with one attached hydrogen (secondary N) is 1. The minimum Gasteiger partial charge on any atom is -0.381 e. The summed E-state index contributed by atoms with van der Waals surface area (Å²) in [7, 11) is -3.71. The molecule has 5 rings (SSSR count). The van der Waals surface area contributed by atoms with E-state index in [1.54, 1.807) is 30.5 Å². The number of nitrogen functional groups attached to an aromatic ring is 1. The summed E-state index contributed by atoms with van der Waals surface area (Å²) in [6.07, 6.45) is 1.62. The zero-order chi connectivity index (χ0) is 24.6. The smallest absolute Gasteiger partial charge is 0.355 e. The largest absolute Gasteiger partial charge is 0.381 e. The van der Waals surface area contributed by atoms with Crippen molar-refractivity contribution in [3.63, 3.8) is 0 Å². The summed E-state index contributed by atoms with van der Waals surface area (Å²) < 4.78 is 25.4. The van der Waals surface area contributed by atoms with Crippen molar-refractivity contribution in [2.45, 2.75) is 11.4 Å².